The molecule has 2 amide bonds. The van der Waals surface area contributed by atoms with Gasteiger partial charge in [0.05, 0.1) is 0 Å². The van der Waals surface area contributed by atoms with Crippen LogP contribution in [0.1, 0.15) is 50.4 Å². The Labute approximate surface area is 151 Å². The zero-order chi connectivity index (χ0) is 18.4. The molecule has 0 aromatic heterocycles. The number of nitrogens with zero attached hydrogens (tertiary/aromatic N) is 1. The molecule has 1 aromatic carbocycles. The van der Waals surface area contributed by atoms with E-state index in [-0.39, 0.29) is 11.8 Å². The highest BCUT2D eigenvalue weighted by molar-refractivity contribution is 6.01. The van der Waals surface area contributed by atoms with E-state index >= 15 is 0 Å². The monoisotopic (exact) mass is 345 g/mol. The molecule has 0 spiro atoms. The van der Waals surface area contributed by atoms with E-state index in [1.54, 1.807) is 24.3 Å². The minimum Gasteiger partial charge on any atom is -0.338 e. The minimum absolute atomic E-state index is 0.0676. The standard InChI is InChI=1S/C20H31N3O2/c1-20(2,3)18(24)16-8-5-9-17(13-16)22-19(25)21-11-10-15-7-6-12-23(4)14-15/h5,8-9,13,15H,6-7,10-12,14H2,1-4H3,(H2,21,22,25). The summed E-state index contributed by atoms with van der Waals surface area (Å²) >= 11 is 0. The van der Waals surface area contributed by atoms with E-state index in [4.69, 9.17) is 0 Å². The average Bonchev–Trinajstić information content (AvgIpc) is 2.53. The van der Waals surface area contributed by atoms with Crippen LogP contribution in [0, 0.1) is 11.3 Å². The van der Waals surface area contributed by atoms with Gasteiger partial charge in [-0.2, -0.15) is 0 Å². The number of Topliss-reactive ketones (excluding diaryl/α,β-unsaturated/α-hetero) is 1. The van der Waals surface area contributed by atoms with Gasteiger partial charge in [-0.25, -0.2) is 4.79 Å². The van der Waals surface area contributed by atoms with Gasteiger partial charge in [0, 0.05) is 29.8 Å². The number of hydrogen-bond acceptors (Lipinski definition) is 3. The van der Waals surface area contributed by atoms with Crippen molar-refractivity contribution in [2.45, 2.75) is 40.0 Å². The topological polar surface area (TPSA) is 61.4 Å². The number of likely N-dealkylation sites (tertiary alicyclic amines) is 1. The molecular formula is C20H31N3O2. The molecule has 138 valence electrons. The molecule has 1 aromatic rings. The summed E-state index contributed by atoms with van der Waals surface area (Å²) in [5.74, 6) is 0.727. The van der Waals surface area contributed by atoms with Crippen molar-refractivity contribution in [3.05, 3.63) is 29.8 Å². The second-order valence-electron chi connectivity index (χ2n) is 8.10. The smallest absolute Gasteiger partial charge is 0.319 e. The minimum atomic E-state index is -0.436. The maximum atomic E-state index is 12.3. The van der Waals surface area contributed by atoms with E-state index < -0.39 is 5.41 Å². The number of carbonyl (C=O) groups is 2. The van der Waals surface area contributed by atoms with Crippen molar-refractivity contribution >= 4 is 17.5 Å². The summed E-state index contributed by atoms with van der Waals surface area (Å²) in [5, 5.41) is 5.74. The number of urea groups is 1. The molecule has 1 unspecified atom stereocenters. The summed E-state index contributed by atoms with van der Waals surface area (Å²) < 4.78 is 0. The summed E-state index contributed by atoms with van der Waals surface area (Å²) in [7, 11) is 2.15. The summed E-state index contributed by atoms with van der Waals surface area (Å²) in [4.78, 5) is 26.8. The van der Waals surface area contributed by atoms with E-state index in [0.29, 0.717) is 23.7 Å². The van der Waals surface area contributed by atoms with Crippen molar-refractivity contribution in [3.8, 4) is 0 Å². The first-order valence-electron chi connectivity index (χ1n) is 9.14. The van der Waals surface area contributed by atoms with Crippen molar-refractivity contribution in [2.24, 2.45) is 11.3 Å². The molecule has 1 heterocycles. The third-order valence-electron chi connectivity index (χ3n) is 4.62. The third kappa shape index (κ3) is 6.16. The number of benzene rings is 1. The van der Waals surface area contributed by atoms with Gasteiger partial charge in [-0.3, -0.25) is 4.79 Å². The number of hydrogen-bond donors (Lipinski definition) is 2. The van der Waals surface area contributed by atoms with Crippen LogP contribution in [0.15, 0.2) is 24.3 Å². The van der Waals surface area contributed by atoms with Gasteiger partial charge < -0.3 is 15.5 Å². The maximum absolute atomic E-state index is 12.3. The lowest BCUT2D eigenvalue weighted by molar-refractivity contribution is 0.0858. The van der Waals surface area contributed by atoms with E-state index in [1.807, 2.05) is 20.8 Å². The molecule has 5 nitrogen and oxygen atoms in total. The van der Waals surface area contributed by atoms with Crippen molar-refractivity contribution in [3.63, 3.8) is 0 Å². The first-order valence-corrected chi connectivity index (χ1v) is 9.14. The predicted octanol–water partition coefficient (Wildman–Crippen LogP) is 3.77. The van der Waals surface area contributed by atoms with Crippen LogP contribution in [0.25, 0.3) is 0 Å². The molecule has 2 rings (SSSR count). The van der Waals surface area contributed by atoms with Crippen LogP contribution >= 0.6 is 0 Å². The Morgan fingerprint density at radius 2 is 2.04 bits per heavy atom. The quantitative estimate of drug-likeness (QED) is 0.799. The van der Waals surface area contributed by atoms with Crippen molar-refractivity contribution in [1.29, 1.82) is 0 Å². The first-order chi connectivity index (χ1) is 11.8. The molecule has 1 aliphatic rings. The van der Waals surface area contributed by atoms with Crippen LogP contribution in [0.3, 0.4) is 0 Å². The number of carbonyl (C=O) groups excluding carboxylic acids is 2. The molecule has 5 heteroatoms. The van der Waals surface area contributed by atoms with Gasteiger partial charge in [0.1, 0.15) is 0 Å². The highest BCUT2D eigenvalue weighted by atomic mass is 16.2. The van der Waals surface area contributed by atoms with Gasteiger partial charge in [-0.1, -0.05) is 32.9 Å². The summed E-state index contributed by atoms with van der Waals surface area (Å²) in [6.07, 6.45) is 3.48. The Hall–Kier alpha value is -1.88. The number of ketones is 1. The molecule has 0 bridgehead atoms. The van der Waals surface area contributed by atoms with Gasteiger partial charge in [-0.15, -0.1) is 0 Å². The number of nitrogens with one attached hydrogen (secondary N) is 2. The van der Waals surface area contributed by atoms with Crippen molar-refractivity contribution in [2.75, 3.05) is 32.0 Å². The molecule has 0 radical (unpaired) electrons. The van der Waals surface area contributed by atoms with E-state index in [2.05, 4.69) is 22.6 Å². The van der Waals surface area contributed by atoms with Gasteiger partial charge in [0.25, 0.3) is 0 Å². The highest BCUT2D eigenvalue weighted by Gasteiger charge is 2.23. The van der Waals surface area contributed by atoms with Crippen LogP contribution < -0.4 is 10.6 Å². The van der Waals surface area contributed by atoms with E-state index in [9.17, 15) is 9.59 Å². The second kappa shape index (κ2) is 8.48. The fourth-order valence-electron chi connectivity index (χ4n) is 3.25. The zero-order valence-electron chi connectivity index (χ0n) is 15.9. The molecule has 0 aliphatic carbocycles. The van der Waals surface area contributed by atoms with E-state index in [0.717, 1.165) is 13.0 Å². The largest absolute Gasteiger partial charge is 0.338 e. The van der Waals surface area contributed by atoms with Crippen LogP contribution in [0.4, 0.5) is 10.5 Å². The highest BCUT2D eigenvalue weighted by Crippen LogP contribution is 2.22. The fourth-order valence-corrected chi connectivity index (χ4v) is 3.25. The normalized spacial score (nSPS) is 18.6. The van der Waals surface area contributed by atoms with Gasteiger partial charge >= 0.3 is 6.03 Å². The maximum Gasteiger partial charge on any atom is 0.319 e. The van der Waals surface area contributed by atoms with Crippen LogP contribution in [-0.4, -0.2) is 43.4 Å². The summed E-state index contributed by atoms with van der Waals surface area (Å²) in [5.41, 5.74) is 0.828. The van der Waals surface area contributed by atoms with Crippen molar-refractivity contribution < 1.29 is 9.59 Å². The first kappa shape index (κ1) is 19.4. The lowest BCUT2D eigenvalue weighted by Crippen LogP contribution is -2.35. The average molecular weight is 345 g/mol. The molecule has 1 atom stereocenters. The number of anilines is 1. The Morgan fingerprint density at radius 3 is 2.72 bits per heavy atom. The molecule has 2 N–H and O–H groups in total. The second-order valence-corrected chi connectivity index (χ2v) is 8.10. The Bertz CT molecular complexity index is 607. The molecule has 1 aliphatic heterocycles. The lowest BCUT2D eigenvalue weighted by atomic mass is 9.86. The molecule has 0 saturated carbocycles. The predicted molar refractivity (Wildman–Crippen MR) is 102 cm³/mol. The van der Waals surface area contributed by atoms with Crippen LogP contribution in [-0.2, 0) is 0 Å². The van der Waals surface area contributed by atoms with E-state index in [1.165, 1.54) is 19.4 Å². The lowest BCUT2D eigenvalue weighted by Gasteiger charge is -2.29. The zero-order valence-corrected chi connectivity index (χ0v) is 15.9. The summed E-state index contributed by atoms with van der Waals surface area (Å²) in [6.45, 7) is 8.64. The van der Waals surface area contributed by atoms with Crippen LogP contribution in [0.2, 0.25) is 0 Å². The third-order valence-corrected chi connectivity index (χ3v) is 4.62. The molecule has 1 saturated heterocycles. The Kier molecular flexibility index (Phi) is 6.59. The molecule has 1 fully saturated rings. The van der Waals surface area contributed by atoms with Crippen molar-refractivity contribution in [1.82, 2.24) is 10.2 Å². The van der Waals surface area contributed by atoms with Crippen LogP contribution in [0.5, 0.6) is 0 Å². The number of rotatable bonds is 5. The molecular weight excluding hydrogens is 314 g/mol. The Morgan fingerprint density at radius 1 is 1.28 bits per heavy atom. The van der Waals surface area contributed by atoms with Gasteiger partial charge in [-0.05, 0) is 50.9 Å². The fraction of sp³-hybridized carbons (Fsp3) is 0.600. The SMILES string of the molecule is CN1CCCC(CCNC(=O)Nc2cccc(C(=O)C(C)(C)C)c2)C1. The summed E-state index contributed by atoms with van der Waals surface area (Å²) in [6, 6.07) is 6.91. The number of amides is 2. The number of piperidine rings is 1. The Balaban J connectivity index is 1.81. The van der Waals surface area contributed by atoms with Gasteiger partial charge in [0.15, 0.2) is 5.78 Å². The molecule has 25 heavy (non-hydrogen) atoms. The van der Waals surface area contributed by atoms with Gasteiger partial charge in [0.2, 0.25) is 0 Å².